The van der Waals surface area contributed by atoms with E-state index in [9.17, 15) is 5.21 Å². The quantitative estimate of drug-likeness (QED) is 0.803. The summed E-state index contributed by atoms with van der Waals surface area (Å²) in [5.41, 5.74) is 1.14. The second-order valence-corrected chi connectivity index (χ2v) is 8.03. The van der Waals surface area contributed by atoms with Crippen LogP contribution in [0, 0.1) is 5.21 Å². The number of anilines is 2. The van der Waals surface area contributed by atoms with Gasteiger partial charge >= 0.3 is 0 Å². The van der Waals surface area contributed by atoms with Crippen LogP contribution in [0.15, 0.2) is 48.5 Å². The molecule has 2 aromatic rings. The van der Waals surface area contributed by atoms with Crippen LogP contribution in [0.3, 0.4) is 0 Å². The Morgan fingerprint density at radius 1 is 0.760 bits per heavy atom. The summed E-state index contributed by atoms with van der Waals surface area (Å²) in [6.07, 6.45) is 0. The van der Waals surface area contributed by atoms with Crippen LogP contribution in [-0.4, -0.2) is 11.1 Å². The molecule has 2 rings (SSSR count). The summed E-state index contributed by atoms with van der Waals surface area (Å²) in [6.45, 7) is 11.6. The zero-order valence-electron chi connectivity index (χ0n) is 15.8. The van der Waals surface area contributed by atoms with E-state index in [0.717, 1.165) is 17.1 Å². The Bertz CT molecular complexity index is 668. The third kappa shape index (κ3) is 6.29. The number of hydrogen-bond acceptors (Lipinski definition) is 4. The van der Waals surface area contributed by atoms with Gasteiger partial charge in [0.1, 0.15) is 16.9 Å². The van der Waals surface area contributed by atoms with Crippen molar-refractivity contribution in [2.45, 2.75) is 52.7 Å². The van der Waals surface area contributed by atoms with E-state index in [-0.39, 0.29) is 10.8 Å². The molecule has 0 saturated carbocycles. The van der Waals surface area contributed by atoms with Crippen molar-refractivity contribution in [2.24, 2.45) is 0 Å². The maximum absolute atomic E-state index is 11.9. The molecule has 0 saturated heterocycles. The largest absolute Gasteiger partial charge is 0.590 e. The summed E-state index contributed by atoms with van der Waals surface area (Å²) in [4.78, 5) is 5.36. The minimum Gasteiger partial charge on any atom is -0.590 e. The topological polar surface area (TPSA) is 58.0 Å². The predicted octanol–water partition coefficient (Wildman–Crippen LogP) is 4.08. The molecule has 0 aliphatic rings. The van der Waals surface area contributed by atoms with E-state index < -0.39 is 5.54 Å². The lowest BCUT2D eigenvalue weighted by molar-refractivity contribution is -1.06. The molecule has 5 heteroatoms. The normalized spacial score (nSPS) is 13.2. The Kier molecular flexibility index (Phi) is 5.60. The third-order valence-corrected chi connectivity index (χ3v) is 3.24. The zero-order chi connectivity index (χ0) is 18.7. The van der Waals surface area contributed by atoms with Crippen LogP contribution < -0.4 is 20.1 Å². The summed E-state index contributed by atoms with van der Waals surface area (Å²) >= 11 is 0. The molecule has 2 aromatic carbocycles. The molecule has 0 heterocycles. The first-order valence-corrected chi connectivity index (χ1v) is 8.41. The Hall–Kier alpha value is -2.24. The molecule has 1 unspecified atom stereocenters. The van der Waals surface area contributed by atoms with Gasteiger partial charge in [0.15, 0.2) is 5.75 Å². The molecular weight excluding hydrogens is 316 g/mol. The van der Waals surface area contributed by atoms with Gasteiger partial charge in [-0.2, -0.15) is 5.23 Å². The summed E-state index contributed by atoms with van der Waals surface area (Å²) in [5, 5.41) is 15.0. The molecular formula is C20H28N2O3. The molecule has 0 spiro atoms. The van der Waals surface area contributed by atoms with Crippen LogP contribution in [0.1, 0.15) is 41.5 Å². The Balaban J connectivity index is 1.97. The van der Waals surface area contributed by atoms with E-state index in [0.29, 0.717) is 5.75 Å². The fraction of sp³-hybridized carbons (Fsp3) is 0.400. The molecule has 5 nitrogen and oxygen atoms in total. The average Bonchev–Trinajstić information content (AvgIpc) is 2.49. The monoisotopic (exact) mass is 344 g/mol. The van der Waals surface area contributed by atoms with Crippen molar-refractivity contribution in [3.8, 4) is 11.5 Å². The first kappa shape index (κ1) is 19.1. The molecule has 0 fully saturated rings. The fourth-order valence-electron chi connectivity index (χ4n) is 1.99. The first-order valence-electron chi connectivity index (χ1n) is 8.41. The van der Waals surface area contributed by atoms with Gasteiger partial charge in [0.25, 0.3) is 0 Å². The van der Waals surface area contributed by atoms with Crippen LogP contribution in [0.2, 0.25) is 0 Å². The highest BCUT2D eigenvalue weighted by Gasteiger charge is 2.20. The van der Waals surface area contributed by atoms with Gasteiger partial charge in [0.05, 0.1) is 0 Å². The van der Waals surface area contributed by atoms with E-state index in [1.54, 1.807) is 12.1 Å². The van der Waals surface area contributed by atoms with Crippen molar-refractivity contribution in [3.05, 3.63) is 53.7 Å². The van der Waals surface area contributed by atoms with Gasteiger partial charge in [-0.3, -0.25) is 0 Å². The maximum Gasteiger partial charge on any atom is 0.190 e. The number of quaternary nitrogens is 1. The van der Waals surface area contributed by atoms with Crippen LogP contribution in [-0.2, 0) is 0 Å². The van der Waals surface area contributed by atoms with Crippen LogP contribution >= 0.6 is 0 Å². The van der Waals surface area contributed by atoms with E-state index >= 15 is 0 Å². The Labute approximate surface area is 150 Å². The van der Waals surface area contributed by atoms with E-state index in [1.807, 2.05) is 77.9 Å². The first-order chi connectivity index (χ1) is 11.5. The second kappa shape index (κ2) is 7.33. The van der Waals surface area contributed by atoms with Gasteiger partial charge < -0.3 is 20.1 Å². The van der Waals surface area contributed by atoms with Gasteiger partial charge in [-0.05, 0) is 90.1 Å². The van der Waals surface area contributed by atoms with Gasteiger partial charge in [-0.15, -0.1) is 0 Å². The maximum atomic E-state index is 11.9. The van der Waals surface area contributed by atoms with Gasteiger partial charge in [0, 0.05) is 11.4 Å². The van der Waals surface area contributed by atoms with Crippen molar-refractivity contribution in [1.29, 1.82) is 0 Å². The number of benzene rings is 2. The summed E-state index contributed by atoms with van der Waals surface area (Å²) < 4.78 is 5.81. The molecule has 0 amide bonds. The number of ether oxygens (including phenoxy) is 1. The number of nitrogens with one attached hydrogen (secondary N) is 2. The van der Waals surface area contributed by atoms with Gasteiger partial charge in [0.2, 0.25) is 0 Å². The minimum absolute atomic E-state index is 0.213. The van der Waals surface area contributed by atoms with Gasteiger partial charge in [-0.1, -0.05) is 0 Å². The molecule has 0 radical (unpaired) electrons. The predicted molar refractivity (Wildman–Crippen MR) is 101 cm³/mol. The van der Waals surface area contributed by atoms with Crippen molar-refractivity contribution in [3.63, 3.8) is 0 Å². The van der Waals surface area contributed by atoms with Crippen molar-refractivity contribution >= 4 is 11.4 Å². The molecule has 1 atom stereocenters. The van der Waals surface area contributed by atoms with Crippen molar-refractivity contribution in [2.75, 3.05) is 5.32 Å². The molecule has 0 aromatic heterocycles. The summed E-state index contributed by atoms with van der Waals surface area (Å²) in [5.74, 6) is 1.38. The molecule has 2 N–H and O–H groups in total. The van der Waals surface area contributed by atoms with E-state index in [1.165, 1.54) is 0 Å². The summed E-state index contributed by atoms with van der Waals surface area (Å²) in [6, 6.07) is 15.1. The Morgan fingerprint density at radius 3 is 1.60 bits per heavy atom. The number of rotatable bonds is 5. The molecule has 0 bridgehead atoms. The van der Waals surface area contributed by atoms with Gasteiger partial charge in [-0.25, -0.2) is 0 Å². The highest BCUT2D eigenvalue weighted by Crippen LogP contribution is 2.23. The van der Waals surface area contributed by atoms with Crippen molar-refractivity contribution in [1.82, 2.24) is 0 Å². The Morgan fingerprint density at radius 2 is 1.20 bits per heavy atom. The highest BCUT2D eigenvalue weighted by atomic mass is 16.9. The lowest BCUT2D eigenvalue weighted by Crippen LogP contribution is -3.16. The standard InChI is InChI=1S/C20H28N2O3/c1-19(2,3)22(23)25-18-13-9-16(10-14-18)21-15-7-11-17(12-8-15)24-20(4,5)6/h7-14,21-22H,1-6H3. The van der Waals surface area contributed by atoms with Crippen LogP contribution in [0.5, 0.6) is 11.5 Å². The smallest absolute Gasteiger partial charge is 0.190 e. The summed E-state index contributed by atoms with van der Waals surface area (Å²) in [7, 11) is 0. The molecule has 0 aliphatic heterocycles. The molecule has 0 aliphatic carbocycles. The van der Waals surface area contributed by atoms with E-state index in [4.69, 9.17) is 9.57 Å². The molecule has 25 heavy (non-hydrogen) atoms. The van der Waals surface area contributed by atoms with E-state index in [2.05, 4.69) is 5.32 Å². The lowest BCUT2D eigenvalue weighted by atomic mass is 10.1. The fourth-order valence-corrected chi connectivity index (χ4v) is 1.99. The second-order valence-electron chi connectivity index (χ2n) is 8.03. The highest BCUT2D eigenvalue weighted by molar-refractivity contribution is 5.60. The number of hydrogen-bond donors (Lipinski definition) is 2. The third-order valence-electron chi connectivity index (χ3n) is 3.24. The van der Waals surface area contributed by atoms with Crippen LogP contribution in [0.4, 0.5) is 11.4 Å². The minimum atomic E-state index is -0.520. The number of hydroxylamine groups is 2. The SMILES string of the molecule is CC(C)(C)Oc1ccc(Nc2ccc(O[NH+]([O-])C(C)(C)C)cc2)cc1. The average molecular weight is 344 g/mol. The van der Waals surface area contributed by atoms with Crippen LogP contribution in [0.25, 0.3) is 0 Å². The molecule has 136 valence electrons. The zero-order valence-corrected chi connectivity index (χ0v) is 15.8. The lowest BCUT2D eigenvalue weighted by Gasteiger charge is -2.32. The van der Waals surface area contributed by atoms with Crippen molar-refractivity contribution < 1.29 is 14.8 Å².